The smallest absolute Gasteiger partial charge is 0.253 e. The van der Waals surface area contributed by atoms with Gasteiger partial charge in [0.05, 0.1) is 5.75 Å². The highest BCUT2D eigenvalue weighted by Gasteiger charge is 2.33. The molecule has 1 atom stereocenters. The number of nitrogens with zero attached hydrogens (tertiary/aromatic N) is 3. The van der Waals surface area contributed by atoms with Gasteiger partial charge in [-0.2, -0.15) is 11.3 Å². The van der Waals surface area contributed by atoms with Crippen LogP contribution in [0.4, 0.5) is 4.39 Å². The highest BCUT2D eigenvalue weighted by atomic mass is 32.2. The van der Waals surface area contributed by atoms with Crippen molar-refractivity contribution in [2.24, 2.45) is 0 Å². The van der Waals surface area contributed by atoms with Crippen molar-refractivity contribution < 1.29 is 14.0 Å². The first-order valence-electron chi connectivity index (χ1n) is 9.32. The fraction of sp³-hybridized carbons (Fsp3) is 0.400. The molecule has 0 radical (unpaired) electrons. The molecule has 8 heteroatoms. The third-order valence-electron chi connectivity index (χ3n) is 5.20. The number of halogens is 1. The number of amides is 2. The molecule has 2 fully saturated rings. The molecule has 0 spiro atoms. The molecule has 3 heterocycles. The Labute approximate surface area is 172 Å². The van der Waals surface area contributed by atoms with E-state index in [4.69, 9.17) is 0 Å². The maximum Gasteiger partial charge on any atom is 0.253 e. The Morgan fingerprint density at radius 2 is 1.82 bits per heavy atom. The van der Waals surface area contributed by atoms with Crippen LogP contribution in [0.5, 0.6) is 0 Å². The molecule has 2 aliphatic heterocycles. The van der Waals surface area contributed by atoms with Gasteiger partial charge in [-0.3, -0.25) is 14.5 Å². The summed E-state index contributed by atoms with van der Waals surface area (Å²) in [5.41, 5.74) is 1.73. The molecule has 0 N–H and O–H groups in total. The lowest BCUT2D eigenvalue weighted by Gasteiger charge is -2.36. The number of piperazine rings is 1. The normalized spacial score (nSPS) is 20.8. The largest absolute Gasteiger partial charge is 0.336 e. The molecule has 28 heavy (non-hydrogen) atoms. The molecule has 1 aromatic carbocycles. The third-order valence-corrected chi connectivity index (χ3v) is 7.16. The predicted octanol–water partition coefficient (Wildman–Crippen LogP) is 2.92. The van der Waals surface area contributed by atoms with E-state index in [0.717, 1.165) is 19.6 Å². The van der Waals surface area contributed by atoms with Crippen LogP contribution in [0.25, 0.3) is 0 Å². The molecule has 2 aliphatic rings. The van der Waals surface area contributed by atoms with E-state index < -0.39 is 0 Å². The quantitative estimate of drug-likeness (QED) is 0.748. The minimum Gasteiger partial charge on any atom is -0.336 e. The van der Waals surface area contributed by atoms with Crippen molar-refractivity contribution >= 4 is 34.9 Å². The minimum atomic E-state index is -0.336. The van der Waals surface area contributed by atoms with Gasteiger partial charge < -0.3 is 9.80 Å². The molecule has 148 valence electrons. The Hall–Kier alpha value is -1.90. The standard InChI is InChI=1S/C20H22FN3O2S2/c21-17-3-1-15(2-4-17)19(26)23-9-6-22(7-10-23)8-11-24-18(25)14-28-20(24)16-5-12-27-13-16/h1-5,12-13,20H,6-11,14H2/t20-/m0/s1. The van der Waals surface area contributed by atoms with Crippen molar-refractivity contribution in [3.63, 3.8) is 0 Å². The first kappa shape index (κ1) is 19.4. The summed E-state index contributed by atoms with van der Waals surface area (Å²) in [5, 5.41) is 4.29. The molecule has 0 saturated carbocycles. The molecule has 5 nitrogen and oxygen atoms in total. The zero-order valence-electron chi connectivity index (χ0n) is 15.4. The Morgan fingerprint density at radius 3 is 2.50 bits per heavy atom. The van der Waals surface area contributed by atoms with Crippen LogP contribution < -0.4 is 0 Å². The molecule has 2 amide bonds. The second-order valence-electron chi connectivity index (χ2n) is 6.95. The lowest BCUT2D eigenvalue weighted by molar-refractivity contribution is -0.128. The monoisotopic (exact) mass is 419 g/mol. The van der Waals surface area contributed by atoms with Crippen molar-refractivity contribution in [2.75, 3.05) is 45.0 Å². The van der Waals surface area contributed by atoms with Crippen LogP contribution in [0.3, 0.4) is 0 Å². The Bertz CT molecular complexity index is 820. The predicted molar refractivity (Wildman–Crippen MR) is 110 cm³/mol. The Morgan fingerprint density at radius 1 is 1.07 bits per heavy atom. The highest BCUT2D eigenvalue weighted by Crippen LogP contribution is 2.39. The van der Waals surface area contributed by atoms with Gasteiger partial charge in [-0.05, 0) is 46.7 Å². The van der Waals surface area contributed by atoms with E-state index in [2.05, 4.69) is 16.3 Å². The van der Waals surface area contributed by atoms with E-state index >= 15 is 0 Å². The number of thioether (sulfide) groups is 1. The van der Waals surface area contributed by atoms with Gasteiger partial charge in [-0.1, -0.05) is 0 Å². The molecule has 2 saturated heterocycles. The van der Waals surface area contributed by atoms with E-state index in [1.807, 2.05) is 15.2 Å². The zero-order valence-corrected chi connectivity index (χ0v) is 17.1. The number of hydrogen-bond donors (Lipinski definition) is 0. The van der Waals surface area contributed by atoms with E-state index in [1.165, 1.54) is 29.8 Å². The van der Waals surface area contributed by atoms with Gasteiger partial charge in [-0.15, -0.1) is 11.8 Å². The number of benzene rings is 1. The van der Waals surface area contributed by atoms with Crippen molar-refractivity contribution in [1.82, 2.24) is 14.7 Å². The van der Waals surface area contributed by atoms with Gasteiger partial charge in [0.1, 0.15) is 11.2 Å². The van der Waals surface area contributed by atoms with Gasteiger partial charge in [0, 0.05) is 44.8 Å². The maximum atomic E-state index is 13.0. The average Bonchev–Trinajstić information content (AvgIpc) is 3.36. The zero-order chi connectivity index (χ0) is 19.5. The topological polar surface area (TPSA) is 43.9 Å². The molecular weight excluding hydrogens is 397 g/mol. The highest BCUT2D eigenvalue weighted by molar-refractivity contribution is 8.00. The summed E-state index contributed by atoms with van der Waals surface area (Å²) in [4.78, 5) is 30.9. The lowest BCUT2D eigenvalue weighted by atomic mass is 10.2. The third kappa shape index (κ3) is 4.24. The van der Waals surface area contributed by atoms with E-state index in [-0.39, 0.29) is 23.0 Å². The molecular formula is C20H22FN3O2S2. The Kier molecular flexibility index (Phi) is 5.99. The molecule has 0 unspecified atom stereocenters. The molecule has 1 aromatic heterocycles. The number of rotatable bonds is 5. The van der Waals surface area contributed by atoms with Crippen LogP contribution in [-0.2, 0) is 4.79 Å². The first-order valence-corrected chi connectivity index (χ1v) is 11.3. The van der Waals surface area contributed by atoms with Crippen LogP contribution in [0.2, 0.25) is 0 Å². The molecule has 2 aromatic rings. The minimum absolute atomic E-state index is 0.0525. The summed E-state index contributed by atoms with van der Waals surface area (Å²) in [5.74, 6) is 0.354. The van der Waals surface area contributed by atoms with Gasteiger partial charge in [0.2, 0.25) is 5.91 Å². The second kappa shape index (κ2) is 8.63. The van der Waals surface area contributed by atoms with Crippen molar-refractivity contribution in [3.05, 3.63) is 58.0 Å². The number of carbonyl (C=O) groups excluding carboxylic acids is 2. The summed E-state index contributed by atoms with van der Waals surface area (Å²) < 4.78 is 13.0. The van der Waals surface area contributed by atoms with Crippen molar-refractivity contribution in [1.29, 1.82) is 0 Å². The van der Waals surface area contributed by atoms with Gasteiger partial charge in [0.15, 0.2) is 0 Å². The second-order valence-corrected chi connectivity index (χ2v) is 8.80. The van der Waals surface area contributed by atoms with E-state index in [1.54, 1.807) is 23.1 Å². The maximum absolute atomic E-state index is 13.0. The summed E-state index contributed by atoms with van der Waals surface area (Å²) in [6.45, 7) is 4.37. The molecule has 4 rings (SSSR count). The average molecular weight is 420 g/mol. The molecule has 0 bridgehead atoms. The van der Waals surface area contributed by atoms with Crippen LogP contribution in [0.1, 0.15) is 21.3 Å². The Balaban J connectivity index is 1.28. The van der Waals surface area contributed by atoms with Gasteiger partial charge >= 0.3 is 0 Å². The van der Waals surface area contributed by atoms with E-state index in [0.29, 0.717) is 31.0 Å². The van der Waals surface area contributed by atoms with E-state index in [9.17, 15) is 14.0 Å². The summed E-state index contributed by atoms with van der Waals surface area (Å²) in [6.07, 6.45) is 0. The van der Waals surface area contributed by atoms with Crippen molar-refractivity contribution in [3.8, 4) is 0 Å². The summed E-state index contributed by atoms with van der Waals surface area (Å²) >= 11 is 3.35. The van der Waals surface area contributed by atoms with Crippen LogP contribution >= 0.6 is 23.1 Å². The van der Waals surface area contributed by atoms with Gasteiger partial charge in [-0.25, -0.2) is 4.39 Å². The van der Waals surface area contributed by atoms with Gasteiger partial charge in [0.25, 0.3) is 5.91 Å². The number of thiophene rings is 1. The fourth-order valence-corrected chi connectivity index (χ4v) is 5.56. The van der Waals surface area contributed by atoms with Crippen LogP contribution in [-0.4, -0.2) is 71.5 Å². The summed E-state index contributed by atoms with van der Waals surface area (Å²) in [6, 6.07) is 7.79. The van der Waals surface area contributed by atoms with Crippen LogP contribution in [0, 0.1) is 5.82 Å². The fourth-order valence-electron chi connectivity index (χ4n) is 3.59. The lowest BCUT2D eigenvalue weighted by Crippen LogP contribution is -2.50. The first-order chi connectivity index (χ1) is 13.6. The molecule has 0 aliphatic carbocycles. The number of carbonyl (C=O) groups is 2. The summed E-state index contributed by atoms with van der Waals surface area (Å²) in [7, 11) is 0. The van der Waals surface area contributed by atoms with Crippen molar-refractivity contribution in [2.45, 2.75) is 5.37 Å². The number of hydrogen-bond acceptors (Lipinski definition) is 5. The SMILES string of the molecule is O=C(c1ccc(F)cc1)N1CCN(CCN2C(=O)CS[C@H]2c2ccsc2)CC1. The van der Waals surface area contributed by atoms with Crippen LogP contribution in [0.15, 0.2) is 41.1 Å².